The van der Waals surface area contributed by atoms with Gasteiger partial charge in [-0.3, -0.25) is 0 Å². The molecular formula is C16H19N3O2. The third kappa shape index (κ3) is 2.53. The van der Waals surface area contributed by atoms with E-state index in [4.69, 9.17) is 9.26 Å². The molecule has 1 atom stereocenters. The van der Waals surface area contributed by atoms with Crippen LogP contribution >= 0.6 is 0 Å². The largest absolute Gasteiger partial charge is 0.384 e. The van der Waals surface area contributed by atoms with Gasteiger partial charge in [0.2, 0.25) is 5.89 Å². The maximum absolute atomic E-state index is 5.53. The lowest BCUT2D eigenvalue weighted by Gasteiger charge is -2.23. The highest BCUT2D eigenvalue weighted by molar-refractivity contribution is 5.53. The summed E-state index contributed by atoms with van der Waals surface area (Å²) in [6.07, 6.45) is 2.94. The average molecular weight is 285 g/mol. The Morgan fingerprint density at radius 2 is 1.95 bits per heavy atom. The minimum Gasteiger partial charge on any atom is -0.384 e. The van der Waals surface area contributed by atoms with E-state index in [2.05, 4.69) is 39.7 Å². The second kappa shape index (κ2) is 5.48. The van der Waals surface area contributed by atoms with Crippen LogP contribution in [0.25, 0.3) is 0 Å². The number of ether oxygens (including phenoxy) is 1. The van der Waals surface area contributed by atoms with E-state index in [1.54, 1.807) is 0 Å². The summed E-state index contributed by atoms with van der Waals surface area (Å²) >= 11 is 0. The molecule has 1 fully saturated rings. The van der Waals surface area contributed by atoms with Crippen molar-refractivity contribution in [1.29, 1.82) is 0 Å². The first-order chi connectivity index (χ1) is 10.4. The van der Waals surface area contributed by atoms with Gasteiger partial charge in [0.25, 0.3) is 0 Å². The zero-order valence-corrected chi connectivity index (χ0v) is 11.9. The molecule has 1 N–H and O–H groups in total. The highest BCUT2D eigenvalue weighted by Crippen LogP contribution is 2.31. The molecule has 1 aromatic heterocycles. The number of fused-ring (bicyclic) bond motifs is 1. The van der Waals surface area contributed by atoms with Gasteiger partial charge < -0.3 is 14.6 Å². The predicted molar refractivity (Wildman–Crippen MR) is 78.5 cm³/mol. The molecule has 2 aliphatic rings. The maximum atomic E-state index is 5.53. The number of rotatable bonds is 2. The first-order valence-corrected chi connectivity index (χ1v) is 7.63. The van der Waals surface area contributed by atoms with E-state index in [-0.39, 0.29) is 5.92 Å². The Morgan fingerprint density at radius 1 is 1.10 bits per heavy atom. The lowest BCUT2D eigenvalue weighted by Crippen LogP contribution is -2.22. The molecule has 0 spiro atoms. The third-order valence-corrected chi connectivity index (χ3v) is 4.42. The Morgan fingerprint density at radius 3 is 2.86 bits per heavy atom. The molecule has 2 aromatic rings. The fraction of sp³-hybridized carbons (Fsp3) is 0.500. The number of benzene rings is 1. The van der Waals surface area contributed by atoms with Crippen molar-refractivity contribution < 1.29 is 9.26 Å². The van der Waals surface area contributed by atoms with Crippen molar-refractivity contribution in [2.24, 2.45) is 0 Å². The zero-order chi connectivity index (χ0) is 14.1. The molecular weight excluding hydrogens is 266 g/mol. The van der Waals surface area contributed by atoms with Crippen LogP contribution in [0.4, 0.5) is 5.69 Å². The first-order valence-electron chi connectivity index (χ1n) is 7.63. The highest BCUT2D eigenvalue weighted by Gasteiger charge is 2.27. The van der Waals surface area contributed by atoms with Gasteiger partial charge in [0.05, 0.1) is 5.92 Å². The second-order valence-electron chi connectivity index (χ2n) is 5.82. The molecule has 21 heavy (non-hydrogen) atoms. The smallest absolute Gasteiger partial charge is 0.231 e. The number of nitrogens with zero attached hydrogens (tertiary/aromatic N) is 2. The molecule has 0 saturated carbocycles. The van der Waals surface area contributed by atoms with Crippen LogP contribution in [0.3, 0.4) is 0 Å². The summed E-state index contributed by atoms with van der Waals surface area (Å²) < 4.78 is 10.9. The van der Waals surface area contributed by atoms with Crippen LogP contribution < -0.4 is 5.32 Å². The van der Waals surface area contributed by atoms with Crippen LogP contribution in [-0.2, 0) is 11.2 Å². The first kappa shape index (κ1) is 12.8. The zero-order valence-electron chi connectivity index (χ0n) is 11.9. The van der Waals surface area contributed by atoms with Crippen molar-refractivity contribution in [2.45, 2.75) is 31.1 Å². The van der Waals surface area contributed by atoms with Gasteiger partial charge in [-0.05, 0) is 30.9 Å². The minimum absolute atomic E-state index is 0.265. The van der Waals surface area contributed by atoms with Crippen molar-refractivity contribution >= 4 is 5.69 Å². The summed E-state index contributed by atoms with van der Waals surface area (Å²) in [5, 5.41) is 7.65. The van der Waals surface area contributed by atoms with Gasteiger partial charge in [0.15, 0.2) is 5.82 Å². The lowest BCUT2D eigenvalue weighted by atomic mass is 9.94. The Balaban J connectivity index is 1.51. The van der Waals surface area contributed by atoms with Gasteiger partial charge in [-0.15, -0.1) is 0 Å². The van der Waals surface area contributed by atoms with Gasteiger partial charge in [-0.1, -0.05) is 23.4 Å². The van der Waals surface area contributed by atoms with Crippen molar-refractivity contribution in [2.75, 3.05) is 25.1 Å². The number of hydrogen-bond acceptors (Lipinski definition) is 5. The fourth-order valence-electron chi connectivity index (χ4n) is 3.15. The van der Waals surface area contributed by atoms with Gasteiger partial charge in [-0.2, -0.15) is 4.98 Å². The number of para-hydroxylation sites is 1. The highest BCUT2D eigenvalue weighted by atomic mass is 16.5. The summed E-state index contributed by atoms with van der Waals surface area (Å²) in [5.41, 5.74) is 2.54. The van der Waals surface area contributed by atoms with Crippen LogP contribution in [-0.4, -0.2) is 29.9 Å². The van der Waals surface area contributed by atoms with Gasteiger partial charge in [0.1, 0.15) is 0 Å². The standard InChI is InChI=1S/C16H19N3O2/c1-2-4-14-12(3-1)9-13(10-17-14)16-18-15(19-21-16)11-5-7-20-8-6-11/h1-4,11,13,17H,5-10H2. The van der Waals surface area contributed by atoms with Crippen LogP contribution in [0.2, 0.25) is 0 Å². The van der Waals surface area contributed by atoms with E-state index in [9.17, 15) is 0 Å². The van der Waals surface area contributed by atoms with Gasteiger partial charge in [0, 0.05) is 31.4 Å². The Bertz CT molecular complexity index is 619. The second-order valence-corrected chi connectivity index (χ2v) is 5.82. The number of hydrogen-bond donors (Lipinski definition) is 1. The van der Waals surface area contributed by atoms with E-state index in [0.29, 0.717) is 5.92 Å². The molecule has 2 aliphatic heterocycles. The van der Waals surface area contributed by atoms with Crippen LogP contribution in [0.1, 0.15) is 42.0 Å². The van der Waals surface area contributed by atoms with Gasteiger partial charge in [-0.25, -0.2) is 0 Å². The van der Waals surface area contributed by atoms with Crippen LogP contribution in [0.5, 0.6) is 0 Å². The summed E-state index contributed by atoms with van der Waals surface area (Å²) in [7, 11) is 0. The van der Waals surface area contributed by atoms with E-state index in [1.807, 2.05) is 0 Å². The predicted octanol–water partition coefficient (Wildman–Crippen LogP) is 2.72. The molecule has 0 amide bonds. The lowest BCUT2D eigenvalue weighted by molar-refractivity contribution is 0.0830. The molecule has 5 heteroatoms. The van der Waals surface area contributed by atoms with Crippen LogP contribution in [0, 0.1) is 0 Å². The molecule has 1 aromatic carbocycles. The molecule has 0 bridgehead atoms. The Hall–Kier alpha value is -1.88. The van der Waals surface area contributed by atoms with Gasteiger partial charge >= 0.3 is 0 Å². The fourth-order valence-corrected chi connectivity index (χ4v) is 3.15. The summed E-state index contributed by atoms with van der Waals surface area (Å²) in [4.78, 5) is 4.66. The maximum Gasteiger partial charge on any atom is 0.231 e. The molecule has 4 rings (SSSR count). The SMILES string of the molecule is c1ccc2c(c1)CC(c1nc(C3CCOCC3)no1)CN2. The summed E-state index contributed by atoms with van der Waals surface area (Å²) in [6, 6.07) is 8.41. The van der Waals surface area contributed by atoms with E-state index in [0.717, 1.165) is 50.7 Å². The third-order valence-electron chi connectivity index (χ3n) is 4.42. The number of anilines is 1. The van der Waals surface area contributed by atoms with Crippen molar-refractivity contribution in [1.82, 2.24) is 10.1 Å². The van der Waals surface area contributed by atoms with Crippen LogP contribution in [0.15, 0.2) is 28.8 Å². The molecule has 3 heterocycles. The monoisotopic (exact) mass is 285 g/mol. The van der Waals surface area contributed by atoms with Crippen molar-refractivity contribution in [3.8, 4) is 0 Å². The van der Waals surface area contributed by atoms with Crippen molar-refractivity contribution in [3.05, 3.63) is 41.5 Å². The quantitative estimate of drug-likeness (QED) is 0.919. The Labute approximate surface area is 123 Å². The summed E-state index contributed by atoms with van der Waals surface area (Å²) in [6.45, 7) is 2.45. The van der Waals surface area contributed by atoms with E-state index in [1.165, 1.54) is 11.3 Å². The molecule has 1 saturated heterocycles. The number of nitrogens with one attached hydrogen (secondary N) is 1. The number of aromatic nitrogens is 2. The molecule has 1 unspecified atom stereocenters. The molecule has 0 radical (unpaired) electrons. The molecule has 0 aliphatic carbocycles. The molecule has 110 valence electrons. The van der Waals surface area contributed by atoms with E-state index < -0.39 is 0 Å². The van der Waals surface area contributed by atoms with Crippen molar-refractivity contribution in [3.63, 3.8) is 0 Å². The topological polar surface area (TPSA) is 60.2 Å². The summed E-state index contributed by atoms with van der Waals surface area (Å²) in [5.74, 6) is 2.27. The average Bonchev–Trinajstić information content (AvgIpc) is 3.05. The minimum atomic E-state index is 0.265. The molecule has 5 nitrogen and oxygen atoms in total. The normalized spacial score (nSPS) is 22.6. The van der Waals surface area contributed by atoms with E-state index >= 15 is 0 Å². The Kier molecular flexibility index (Phi) is 3.35.